The Hall–Kier alpha value is 0.300. The quantitative estimate of drug-likeness (QED) is 0.558. The fourth-order valence-electron chi connectivity index (χ4n) is 0.655. The molecule has 0 unspecified atom stereocenters. The monoisotopic (exact) mass is 262 g/mol. The van der Waals surface area contributed by atoms with Crippen molar-refractivity contribution in [3.05, 3.63) is 0 Å². The Morgan fingerprint density at radius 3 is 1.27 bits per heavy atom. The molecule has 0 saturated carbocycles. The highest BCUT2D eigenvalue weighted by Crippen LogP contribution is 2.35. The topological polar surface area (TPSA) is 115 Å². The van der Waals surface area contributed by atoms with E-state index in [-0.39, 0.29) is 12.3 Å². The van der Waals surface area contributed by atoms with Gasteiger partial charge in [-0.15, -0.1) is 0 Å². The number of hydrogen-bond acceptors (Lipinski definition) is 2. The zero-order valence-electron chi connectivity index (χ0n) is 9.04. The van der Waals surface area contributed by atoms with E-state index in [1.165, 1.54) is 0 Å². The lowest BCUT2D eigenvalue weighted by molar-refractivity contribution is 0.369. The van der Waals surface area contributed by atoms with E-state index < -0.39 is 15.2 Å². The molecule has 4 N–H and O–H groups in total. The average Bonchev–Trinajstić information content (AvgIpc) is 1.98. The Labute approximate surface area is 90.0 Å². The molecule has 0 amide bonds. The van der Waals surface area contributed by atoms with Crippen molar-refractivity contribution in [2.75, 3.05) is 12.3 Å². The highest BCUT2D eigenvalue weighted by Gasteiger charge is 2.09. The van der Waals surface area contributed by atoms with Crippen LogP contribution >= 0.6 is 15.2 Å². The second-order valence-electron chi connectivity index (χ2n) is 3.13. The second kappa shape index (κ2) is 8.45. The van der Waals surface area contributed by atoms with Crippen LogP contribution in [0.5, 0.6) is 0 Å². The van der Waals surface area contributed by atoms with Crippen molar-refractivity contribution in [3.63, 3.8) is 0 Å². The maximum absolute atomic E-state index is 10.1. The summed E-state index contributed by atoms with van der Waals surface area (Å²) >= 11 is 0. The van der Waals surface area contributed by atoms with Gasteiger partial charge in [0.1, 0.15) is 0 Å². The lowest BCUT2D eigenvalue weighted by Crippen LogP contribution is -1.84. The van der Waals surface area contributed by atoms with E-state index in [9.17, 15) is 9.13 Å². The first-order valence-electron chi connectivity index (χ1n) is 4.71. The van der Waals surface area contributed by atoms with Crippen LogP contribution in [-0.4, -0.2) is 31.9 Å². The molecule has 0 aromatic carbocycles. The van der Waals surface area contributed by atoms with E-state index in [1.54, 1.807) is 6.92 Å². The lowest BCUT2D eigenvalue weighted by Gasteiger charge is -1.98. The van der Waals surface area contributed by atoms with Crippen LogP contribution in [0, 0.1) is 0 Å². The SMILES string of the molecule is CCCCP(=O)(O)O.CCCP(=O)(O)O. The molecule has 0 aromatic heterocycles. The van der Waals surface area contributed by atoms with Crippen molar-refractivity contribution < 1.29 is 28.7 Å². The molecule has 0 aliphatic rings. The van der Waals surface area contributed by atoms with Gasteiger partial charge in [0.2, 0.25) is 0 Å². The van der Waals surface area contributed by atoms with Gasteiger partial charge < -0.3 is 19.6 Å². The average molecular weight is 262 g/mol. The zero-order chi connectivity index (χ0) is 12.5. The minimum atomic E-state index is -3.68. The molecule has 6 nitrogen and oxygen atoms in total. The van der Waals surface area contributed by atoms with Gasteiger partial charge in [-0.3, -0.25) is 9.13 Å². The van der Waals surface area contributed by atoms with Gasteiger partial charge in [-0.2, -0.15) is 0 Å². The normalized spacial score (nSPS) is 11.9. The maximum Gasteiger partial charge on any atom is 0.325 e. The number of unbranched alkanes of at least 4 members (excludes halogenated alkanes) is 1. The van der Waals surface area contributed by atoms with Gasteiger partial charge >= 0.3 is 15.2 Å². The molecule has 0 saturated heterocycles. The summed E-state index contributed by atoms with van der Waals surface area (Å²) in [6.45, 7) is 3.63. The third-order valence-corrected chi connectivity index (χ3v) is 3.25. The van der Waals surface area contributed by atoms with Crippen LogP contribution in [0.3, 0.4) is 0 Å². The predicted molar refractivity (Wildman–Crippen MR) is 59.0 cm³/mol. The van der Waals surface area contributed by atoms with Crippen LogP contribution in [-0.2, 0) is 9.13 Å². The molecule has 0 aliphatic heterocycles. The molecule has 0 atom stereocenters. The molecular formula is C7H20O6P2. The van der Waals surface area contributed by atoms with Crippen LogP contribution in [0.2, 0.25) is 0 Å². The van der Waals surface area contributed by atoms with Gasteiger partial charge in [0, 0.05) is 12.3 Å². The summed E-state index contributed by atoms with van der Waals surface area (Å²) in [6, 6.07) is 0. The Balaban J connectivity index is 0. The summed E-state index contributed by atoms with van der Waals surface area (Å²) in [4.78, 5) is 32.8. The summed E-state index contributed by atoms with van der Waals surface area (Å²) in [6.07, 6.45) is 2.04. The van der Waals surface area contributed by atoms with Gasteiger partial charge in [-0.1, -0.05) is 20.3 Å². The molecule has 0 aromatic rings. The molecule has 0 rings (SSSR count). The molecule has 0 fully saturated rings. The van der Waals surface area contributed by atoms with Crippen molar-refractivity contribution in [1.29, 1.82) is 0 Å². The van der Waals surface area contributed by atoms with Gasteiger partial charge in [0.05, 0.1) is 0 Å². The second-order valence-corrected chi connectivity index (χ2v) is 6.68. The van der Waals surface area contributed by atoms with Gasteiger partial charge in [-0.25, -0.2) is 0 Å². The van der Waals surface area contributed by atoms with Crippen molar-refractivity contribution >= 4 is 15.2 Å². The summed E-state index contributed by atoms with van der Waals surface area (Å²) in [5.41, 5.74) is 0. The van der Waals surface area contributed by atoms with E-state index in [4.69, 9.17) is 19.6 Å². The minimum absolute atomic E-state index is 0.00694. The van der Waals surface area contributed by atoms with Crippen molar-refractivity contribution in [2.24, 2.45) is 0 Å². The summed E-state index contributed by atoms with van der Waals surface area (Å²) in [5.74, 6) is 0. The number of rotatable bonds is 5. The Bertz CT molecular complexity index is 230. The highest BCUT2D eigenvalue weighted by atomic mass is 31.2. The van der Waals surface area contributed by atoms with E-state index in [0.717, 1.165) is 6.42 Å². The standard InChI is InChI=1S/C4H11O3P.C3H9O3P/c1-2-3-4-8(5,6)7;1-2-3-7(4,5)6/h2-4H2,1H3,(H2,5,6,7);2-3H2,1H3,(H2,4,5,6). The largest absolute Gasteiger partial charge is 0.325 e. The van der Waals surface area contributed by atoms with E-state index in [2.05, 4.69) is 0 Å². The Morgan fingerprint density at radius 1 is 0.800 bits per heavy atom. The van der Waals surface area contributed by atoms with Crippen LogP contribution in [0.15, 0.2) is 0 Å². The third-order valence-electron chi connectivity index (χ3n) is 1.32. The molecule has 8 heteroatoms. The fourth-order valence-corrected chi connectivity index (χ4v) is 1.97. The van der Waals surface area contributed by atoms with E-state index in [0.29, 0.717) is 12.8 Å². The van der Waals surface area contributed by atoms with Crippen LogP contribution < -0.4 is 0 Å². The predicted octanol–water partition coefficient (Wildman–Crippen LogP) is 1.54. The Kier molecular flexibility index (Phi) is 9.97. The minimum Gasteiger partial charge on any atom is -0.324 e. The lowest BCUT2D eigenvalue weighted by atomic mass is 10.4. The first-order chi connectivity index (χ1) is 6.62. The third kappa shape index (κ3) is 25.0. The molecule has 0 spiro atoms. The van der Waals surface area contributed by atoms with Gasteiger partial charge in [-0.05, 0) is 12.8 Å². The Morgan fingerprint density at radius 2 is 1.20 bits per heavy atom. The van der Waals surface area contributed by atoms with Crippen LogP contribution in [0.4, 0.5) is 0 Å². The molecule has 0 aliphatic carbocycles. The van der Waals surface area contributed by atoms with Gasteiger partial charge in [0.15, 0.2) is 0 Å². The highest BCUT2D eigenvalue weighted by molar-refractivity contribution is 7.51. The molecule has 0 bridgehead atoms. The number of hydrogen-bond donors (Lipinski definition) is 4. The van der Waals surface area contributed by atoms with Crippen LogP contribution in [0.25, 0.3) is 0 Å². The zero-order valence-corrected chi connectivity index (χ0v) is 10.8. The molecule has 94 valence electrons. The molecule has 0 radical (unpaired) electrons. The van der Waals surface area contributed by atoms with E-state index in [1.807, 2.05) is 6.92 Å². The van der Waals surface area contributed by atoms with Crippen molar-refractivity contribution in [2.45, 2.75) is 33.1 Å². The first kappa shape index (κ1) is 17.7. The van der Waals surface area contributed by atoms with Gasteiger partial charge in [0.25, 0.3) is 0 Å². The molecular weight excluding hydrogens is 242 g/mol. The maximum atomic E-state index is 10.1. The molecule has 15 heavy (non-hydrogen) atoms. The summed E-state index contributed by atoms with van der Waals surface area (Å²) in [5, 5.41) is 0. The fraction of sp³-hybridized carbons (Fsp3) is 1.00. The molecule has 0 heterocycles. The van der Waals surface area contributed by atoms with Crippen molar-refractivity contribution in [1.82, 2.24) is 0 Å². The first-order valence-corrected chi connectivity index (χ1v) is 8.31. The summed E-state index contributed by atoms with van der Waals surface area (Å²) < 4.78 is 20.0. The smallest absolute Gasteiger partial charge is 0.324 e. The summed E-state index contributed by atoms with van der Waals surface area (Å²) in [7, 11) is -7.35. The van der Waals surface area contributed by atoms with E-state index >= 15 is 0 Å². The van der Waals surface area contributed by atoms with Crippen molar-refractivity contribution in [3.8, 4) is 0 Å². The van der Waals surface area contributed by atoms with Crippen LogP contribution in [0.1, 0.15) is 33.1 Å².